The average Bonchev–Trinajstić information content (AvgIpc) is 2.41. The second kappa shape index (κ2) is 8.69. The zero-order chi connectivity index (χ0) is 14.1. The third-order valence-electron chi connectivity index (χ3n) is 2.50. The summed E-state index contributed by atoms with van der Waals surface area (Å²) in [4.78, 5) is 8.91. The minimum Gasteiger partial charge on any atom is -0.377 e. The molecule has 0 radical (unpaired) electrons. The minimum absolute atomic E-state index is 0.264. The number of rotatable bonds is 9. The fraction of sp³-hybridized carbons (Fsp3) is 0.714. The molecule has 1 aromatic heterocycles. The van der Waals surface area contributed by atoms with Gasteiger partial charge in [0.2, 0.25) is 0 Å². The van der Waals surface area contributed by atoms with Crippen LogP contribution in [0.15, 0.2) is 6.07 Å². The summed E-state index contributed by atoms with van der Waals surface area (Å²) in [5.41, 5.74) is 0. The van der Waals surface area contributed by atoms with Crippen molar-refractivity contribution in [3.63, 3.8) is 0 Å². The molecule has 1 rings (SSSR count). The van der Waals surface area contributed by atoms with Gasteiger partial charge in [-0.25, -0.2) is 9.97 Å². The molecule has 0 bridgehead atoms. The van der Waals surface area contributed by atoms with E-state index in [1.54, 1.807) is 0 Å². The lowest BCUT2D eigenvalue weighted by molar-refractivity contribution is 0.0870. The van der Waals surface area contributed by atoms with Crippen LogP contribution in [0, 0.1) is 0 Å². The van der Waals surface area contributed by atoms with Crippen LogP contribution in [-0.4, -0.2) is 35.8 Å². The lowest BCUT2D eigenvalue weighted by Crippen LogP contribution is -2.15. The SMILES string of the molecule is CCCNc1cc(NCCOC(C)C)nc(CC)n1. The van der Waals surface area contributed by atoms with E-state index in [-0.39, 0.29) is 6.10 Å². The van der Waals surface area contributed by atoms with E-state index in [0.29, 0.717) is 6.61 Å². The van der Waals surface area contributed by atoms with Gasteiger partial charge < -0.3 is 15.4 Å². The standard InChI is InChI=1S/C14H26N4O/c1-5-7-15-13-10-14(18-12(6-2)17-13)16-8-9-19-11(3)4/h10-11H,5-9H2,1-4H3,(H2,15,16,17,18). The van der Waals surface area contributed by atoms with Gasteiger partial charge in [0.25, 0.3) is 0 Å². The van der Waals surface area contributed by atoms with Gasteiger partial charge in [-0.2, -0.15) is 0 Å². The highest BCUT2D eigenvalue weighted by Gasteiger charge is 2.03. The molecule has 108 valence electrons. The van der Waals surface area contributed by atoms with Crippen molar-refractivity contribution in [3.8, 4) is 0 Å². The van der Waals surface area contributed by atoms with Crippen molar-refractivity contribution in [2.45, 2.75) is 46.6 Å². The number of nitrogens with one attached hydrogen (secondary N) is 2. The average molecular weight is 266 g/mol. The summed E-state index contributed by atoms with van der Waals surface area (Å²) in [6, 6.07) is 1.95. The van der Waals surface area contributed by atoms with Crippen LogP contribution in [0.1, 0.15) is 39.9 Å². The van der Waals surface area contributed by atoms with Crippen LogP contribution in [0.4, 0.5) is 11.6 Å². The molecule has 1 aromatic rings. The van der Waals surface area contributed by atoms with E-state index in [1.807, 2.05) is 19.9 Å². The Kier molecular flexibility index (Phi) is 7.18. The molecule has 0 aromatic carbocycles. The quantitative estimate of drug-likeness (QED) is 0.673. The minimum atomic E-state index is 0.264. The molecule has 0 spiro atoms. The van der Waals surface area contributed by atoms with Gasteiger partial charge in [0.15, 0.2) is 0 Å². The smallest absolute Gasteiger partial charge is 0.132 e. The highest BCUT2D eigenvalue weighted by molar-refractivity contribution is 5.47. The fourth-order valence-electron chi connectivity index (χ4n) is 1.56. The molecule has 0 saturated carbocycles. The van der Waals surface area contributed by atoms with Crippen molar-refractivity contribution < 1.29 is 4.74 Å². The van der Waals surface area contributed by atoms with Gasteiger partial charge in [0, 0.05) is 25.6 Å². The number of aromatic nitrogens is 2. The molecule has 0 unspecified atom stereocenters. The molecule has 0 amide bonds. The molecule has 1 heterocycles. The first-order chi connectivity index (χ1) is 9.15. The van der Waals surface area contributed by atoms with E-state index in [9.17, 15) is 0 Å². The van der Waals surface area contributed by atoms with Crippen molar-refractivity contribution in [1.29, 1.82) is 0 Å². The number of hydrogen-bond donors (Lipinski definition) is 2. The summed E-state index contributed by atoms with van der Waals surface area (Å²) in [5.74, 6) is 2.60. The Hall–Kier alpha value is -1.36. The maximum absolute atomic E-state index is 5.49. The Balaban J connectivity index is 2.55. The van der Waals surface area contributed by atoms with E-state index in [2.05, 4.69) is 34.4 Å². The van der Waals surface area contributed by atoms with Crippen molar-refractivity contribution >= 4 is 11.6 Å². The van der Waals surface area contributed by atoms with Crippen LogP contribution in [0.2, 0.25) is 0 Å². The van der Waals surface area contributed by atoms with Gasteiger partial charge in [-0.1, -0.05) is 13.8 Å². The number of nitrogens with zero attached hydrogens (tertiary/aromatic N) is 2. The van der Waals surface area contributed by atoms with Gasteiger partial charge in [-0.3, -0.25) is 0 Å². The van der Waals surface area contributed by atoms with Crippen molar-refractivity contribution in [2.75, 3.05) is 30.3 Å². The Labute approximate surface area is 116 Å². The molecule has 0 aliphatic rings. The van der Waals surface area contributed by atoms with Crippen LogP contribution < -0.4 is 10.6 Å². The van der Waals surface area contributed by atoms with Crippen molar-refractivity contribution in [2.24, 2.45) is 0 Å². The second-order valence-electron chi connectivity index (χ2n) is 4.68. The van der Waals surface area contributed by atoms with Crippen LogP contribution in [-0.2, 0) is 11.2 Å². The highest BCUT2D eigenvalue weighted by Crippen LogP contribution is 2.11. The van der Waals surface area contributed by atoms with E-state index in [0.717, 1.165) is 43.4 Å². The van der Waals surface area contributed by atoms with Crippen molar-refractivity contribution in [1.82, 2.24) is 9.97 Å². The molecule has 5 nitrogen and oxygen atoms in total. The van der Waals surface area contributed by atoms with E-state index >= 15 is 0 Å². The summed E-state index contributed by atoms with van der Waals surface area (Å²) < 4.78 is 5.49. The normalized spacial score (nSPS) is 10.8. The molecular weight excluding hydrogens is 240 g/mol. The maximum Gasteiger partial charge on any atom is 0.132 e. The van der Waals surface area contributed by atoms with Crippen LogP contribution in [0.3, 0.4) is 0 Å². The molecule has 0 saturated heterocycles. The summed E-state index contributed by atoms with van der Waals surface area (Å²) in [7, 11) is 0. The molecule has 0 atom stereocenters. The van der Waals surface area contributed by atoms with E-state index in [4.69, 9.17) is 4.74 Å². The fourth-order valence-corrected chi connectivity index (χ4v) is 1.56. The molecular formula is C14H26N4O. The predicted molar refractivity (Wildman–Crippen MR) is 79.8 cm³/mol. The molecule has 0 fully saturated rings. The Morgan fingerprint density at radius 2 is 1.74 bits per heavy atom. The van der Waals surface area contributed by atoms with E-state index < -0.39 is 0 Å². The van der Waals surface area contributed by atoms with Gasteiger partial charge >= 0.3 is 0 Å². The first kappa shape index (κ1) is 15.7. The van der Waals surface area contributed by atoms with Gasteiger partial charge in [0.1, 0.15) is 17.5 Å². The number of ether oxygens (including phenoxy) is 1. The lowest BCUT2D eigenvalue weighted by Gasteiger charge is -2.11. The first-order valence-electron chi connectivity index (χ1n) is 7.13. The summed E-state index contributed by atoms with van der Waals surface area (Å²) in [6.07, 6.45) is 2.18. The lowest BCUT2D eigenvalue weighted by atomic mass is 10.4. The number of hydrogen-bond acceptors (Lipinski definition) is 5. The zero-order valence-electron chi connectivity index (χ0n) is 12.5. The topological polar surface area (TPSA) is 59.1 Å². The Bertz CT molecular complexity index is 368. The van der Waals surface area contributed by atoms with Gasteiger partial charge in [0.05, 0.1) is 12.7 Å². The zero-order valence-corrected chi connectivity index (χ0v) is 12.5. The molecule has 19 heavy (non-hydrogen) atoms. The Morgan fingerprint density at radius 3 is 2.26 bits per heavy atom. The monoisotopic (exact) mass is 266 g/mol. The molecule has 2 N–H and O–H groups in total. The predicted octanol–water partition coefficient (Wildman–Crippen LogP) is 2.70. The highest BCUT2D eigenvalue weighted by atomic mass is 16.5. The van der Waals surface area contributed by atoms with Crippen LogP contribution in [0.25, 0.3) is 0 Å². The van der Waals surface area contributed by atoms with E-state index in [1.165, 1.54) is 0 Å². The van der Waals surface area contributed by atoms with Crippen LogP contribution >= 0.6 is 0 Å². The summed E-state index contributed by atoms with van der Waals surface area (Å²) in [6.45, 7) is 10.6. The Morgan fingerprint density at radius 1 is 1.11 bits per heavy atom. The van der Waals surface area contributed by atoms with Gasteiger partial charge in [-0.15, -0.1) is 0 Å². The number of anilines is 2. The molecule has 5 heteroatoms. The third kappa shape index (κ3) is 6.38. The molecule has 0 aliphatic heterocycles. The second-order valence-corrected chi connectivity index (χ2v) is 4.68. The van der Waals surface area contributed by atoms with Crippen LogP contribution in [0.5, 0.6) is 0 Å². The summed E-state index contributed by atoms with van der Waals surface area (Å²) >= 11 is 0. The van der Waals surface area contributed by atoms with Crippen molar-refractivity contribution in [3.05, 3.63) is 11.9 Å². The summed E-state index contributed by atoms with van der Waals surface area (Å²) in [5, 5.41) is 6.57. The number of aryl methyl sites for hydroxylation is 1. The molecule has 0 aliphatic carbocycles. The largest absolute Gasteiger partial charge is 0.377 e. The first-order valence-corrected chi connectivity index (χ1v) is 7.13. The van der Waals surface area contributed by atoms with Gasteiger partial charge in [-0.05, 0) is 20.3 Å². The third-order valence-corrected chi connectivity index (χ3v) is 2.50. The maximum atomic E-state index is 5.49.